The van der Waals surface area contributed by atoms with E-state index in [0.29, 0.717) is 13.0 Å². The highest BCUT2D eigenvalue weighted by atomic mass is 16.5. The molecule has 0 heterocycles. The molecule has 0 saturated heterocycles. The maximum atomic E-state index is 12.5. The molecule has 6 nitrogen and oxygen atoms in total. The summed E-state index contributed by atoms with van der Waals surface area (Å²) in [6.45, 7) is 0.725. The molecular weight excluding hydrogens is 330 g/mol. The Kier molecular flexibility index (Phi) is 8.42. The third-order valence-corrected chi connectivity index (χ3v) is 4.08. The predicted octanol–water partition coefficient (Wildman–Crippen LogP) is 2.41. The summed E-state index contributed by atoms with van der Waals surface area (Å²) >= 11 is 0. The quantitative estimate of drug-likeness (QED) is 0.592. The van der Waals surface area contributed by atoms with Crippen molar-refractivity contribution in [2.24, 2.45) is 5.73 Å². The number of nitrogens with one attached hydrogen (secondary N) is 2. The minimum atomic E-state index is -0.635. The van der Waals surface area contributed by atoms with Gasteiger partial charge in [0.15, 0.2) is 0 Å². The van der Waals surface area contributed by atoms with Crippen molar-refractivity contribution in [2.75, 3.05) is 6.54 Å². The maximum Gasteiger partial charge on any atom is 0.408 e. The van der Waals surface area contributed by atoms with Crippen LogP contribution in [0.1, 0.15) is 31.2 Å². The lowest BCUT2D eigenvalue weighted by Gasteiger charge is -2.22. The van der Waals surface area contributed by atoms with Crippen LogP contribution in [0.5, 0.6) is 0 Å². The Morgan fingerprint density at radius 1 is 1.19 bits per heavy atom. The van der Waals surface area contributed by atoms with Gasteiger partial charge < -0.3 is 21.1 Å². The summed E-state index contributed by atoms with van der Waals surface area (Å²) < 4.78 is 5.23. The number of allylic oxidation sites excluding steroid dienone is 2. The molecule has 1 aliphatic rings. The summed E-state index contributed by atoms with van der Waals surface area (Å²) in [5, 5.41) is 5.63. The molecule has 1 aromatic rings. The molecule has 0 spiro atoms. The molecule has 140 valence electrons. The Hall–Kier alpha value is -2.60. The van der Waals surface area contributed by atoms with Crippen molar-refractivity contribution in [3.05, 3.63) is 60.2 Å². The normalized spacial score (nSPS) is 16.7. The van der Waals surface area contributed by atoms with Gasteiger partial charge in [-0.15, -0.1) is 0 Å². The van der Waals surface area contributed by atoms with Crippen molar-refractivity contribution in [2.45, 2.75) is 44.4 Å². The molecule has 1 aromatic carbocycles. The molecule has 6 heteroatoms. The van der Waals surface area contributed by atoms with E-state index in [4.69, 9.17) is 10.5 Å². The van der Waals surface area contributed by atoms with E-state index in [1.807, 2.05) is 54.6 Å². The lowest BCUT2D eigenvalue weighted by Crippen LogP contribution is -2.49. The van der Waals surface area contributed by atoms with E-state index >= 15 is 0 Å². The molecule has 0 fully saturated rings. The van der Waals surface area contributed by atoms with Gasteiger partial charge >= 0.3 is 6.09 Å². The molecule has 0 aliphatic heterocycles. The van der Waals surface area contributed by atoms with Gasteiger partial charge in [0.25, 0.3) is 0 Å². The second-order valence-corrected chi connectivity index (χ2v) is 6.21. The van der Waals surface area contributed by atoms with Gasteiger partial charge in [0.1, 0.15) is 12.6 Å². The largest absolute Gasteiger partial charge is 0.445 e. The van der Waals surface area contributed by atoms with Crippen LogP contribution < -0.4 is 16.4 Å². The van der Waals surface area contributed by atoms with Crippen LogP contribution in [-0.4, -0.2) is 30.6 Å². The van der Waals surface area contributed by atoms with Crippen LogP contribution in [0.15, 0.2) is 54.6 Å². The Labute approximate surface area is 154 Å². The van der Waals surface area contributed by atoms with Crippen molar-refractivity contribution in [3.8, 4) is 0 Å². The second-order valence-electron chi connectivity index (χ2n) is 6.21. The van der Waals surface area contributed by atoms with Crippen LogP contribution in [0.3, 0.4) is 0 Å². The Morgan fingerprint density at radius 2 is 2.00 bits per heavy atom. The summed E-state index contributed by atoms with van der Waals surface area (Å²) in [5.41, 5.74) is 6.42. The number of nitrogens with two attached hydrogens (primary N) is 1. The van der Waals surface area contributed by atoms with Gasteiger partial charge in [0.05, 0.1) is 6.04 Å². The standard InChI is InChI=1S/C20H27N3O3/c21-14-8-7-13-18(19(24)22-17-11-5-2-6-12-17)23-20(25)26-15-16-9-3-1-4-10-16/h1-6,9-11,17-18H,7-8,12-15,21H2,(H,22,24)(H,23,25)/t17?,18-/m0/s1. The van der Waals surface area contributed by atoms with Crippen LogP contribution >= 0.6 is 0 Å². The molecule has 1 aliphatic carbocycles. The number of unbranched alkanes of at least 4 members (excludes halogenated alkanes) is 1. The molecule has 0 aromatic heterocycles. The van der Waals surface area contributed by atoms with E-state index in [-0.39, 0.29) is 18.6 Å². The van der Waals surface area contributed by atoms with Crippen molar-refractivity contribution in [1.29, 1.82) is 0 Å². The van der Waals surface area contributed by atoms with E-state index in [2.05, 4.69) is 10.6 Å². The minimum absolute atomic E-state index is 0.0494. The Balaban J connectivity index is 1.85. The molecule has 0 radical (unpaired) electrons. The maximum absolute atomic E-state index is 12.5. The third kappa shape index (κ3) is 7.11. The molecule has 1 unspecified atom stereocenters. The number of carbonyl (C=O) groups excluding carboxylic acids is 2. The number of rotatable bonds is 9. The first-order valence-corrected chi connectivity index (χ1v) is 9.00. The van der Waals surface area contributed by atoms with Gasteiger partial charge in [0.2, 0.25) is 5.91 Å². The summed E-state index contributed by atoms with van der Waals surface area (Å²) in [5.74, 6) is -0.205. The van der Waals surface area contributed by atoms with E-state index in [9.17, 15) is 9.59 Å². The molecular formula is C20H27N3O3. The number of ether oxygens (including phenoxy) is 1. The van der Waals surface area contributed by atoms with Gasteiger partial charge in [0, 0.05) is 0 Å². The molecule has 2 amide bonds. The highest BCUT2D eigenvalue weighted by molar-refractivity contribution is 5.86. The zero-order valence-corrected chi connectivity index (χ0v) is 14.9. The van der Waals surface area contributed by atoms with Crippen molar-refractivity contribution in [3.63, 3.8) is 0 Å². The SMILES string of the molecule is NCCCC[C@H](NC(=O)OCc1ccccc1)C(=O)NC1C=CC=CC1. The lowest BCUT2D eigenvalue weighted by atomic mass is 10.1. The monoisotopic (exact) mass is 357 g/mol. The van der Waals surface area contributed by atoms with Gasteiger partial charge in [-0.05, 0) is 37.8 Å². The fourth-order valence-electron chi connectivity index (χ4n) is 2.64. The number of carbonyl (C=O) groups is 2. The fraction of sp³-hybridized carbons (Fsp3) is 0.400. The Morgan fingerprint density at radius 3 is 2.69 bits per heavy atom. The van der Waals surface area contributed by atoms with E-state index in [1.54, 1.807) is 0 Å². The topological polar surface area (TPSA) is 93.4 Å². The summed E-state index contributed by atoms with van der Waals surface area (Å²) in [7, 11) is 0. The molecule has 2 atom stereocenters. The summed E-state index contributed by atoms with van der Waals surface area (Å²) in [6.07, 6.45) is 10.0. The number of alkyl carbamates (subject to hydrolysis) is 1. The first-order chi connectivity index (χ1) is 12.7. The van der Waals surface area contributed by atoms with Crippen molar-refractivity contribution >= 4 is 12.0 Å². The first-order valence-electron chi connectivity index (χ1n) is 9.00. The summed E-state index contributed by atoms with van der Waals surface area (Å²) in [4.78, 5) is 24.6. The number of amides is 2. The number of hydrogen-bond acceptors (Lipinski definition) is 4. The van der Waals surface area contributed by atoms with Crippen LogP contribution in [-0.2, 0) is 16.1 Å². The Bertz CT molecular complexity index is 628. The van der Waals surface area contributed by atoms with Gasteiger partial charge in [-0.1, -0.05) is 54.6 Å². The van der Waals surface area contributed by atoms with E-state index < -0.39 is 12.1 Å². The second kappa shape index (κ2) is 11.1. The van der Waals surface area contributed by atoms with Crippen LogP contribution in [0, 0.1) is 0 Å². The van der Waals surface area contributed by atoms with Crippen molar-refractivity contribution < 1.29 is 14.3 Å². The average molecular weight is 357 g/mol. The van der Waals surface area contributed by atoms with Crippen LogP contribution in [0.25, 0.3) is 0 Å². The molecule has 0 saturated carbocycles. The minimum Gasteiger partial charge on any atom is -0.445 e. The lowest BCUT2D eigenvalue weighted by molar-refractivity contribution is -0.123. The molecule has 2 rings (SSSR count). The molecule has 0 bridgehead atoms. The van der Waals surface area contributed by atoms with E-state index in [1.165, 1.54) is 0 Å². The zero-order valence-electron chi connectivity index (χ0n) is 14.9. The zero-order chi connectivity index (χ0) is 18.6. The smallest absolute Gasteiger partial charge is 0.408 e. The van der Waals surface area contributed by atoms with Crippen LogP contribution in [0.2, 0.25) is 0 Å². The molecule has 4 N–H and O–H groups in total. The average Bonchev–Trinajstić information content (AvgIpc) is 2.67. The molecule has 26 heavy (non-hydrogen) atoms. The summed E-state index contributed by atoms with van der Waals surface area (Å²) in [6, 6.07) is 8.73. The van der Waals surface area contributed by atoms with Gasteiger partial charge in [-0.3, -0.25) is 4.79 Å². The highest BCUT2D eigenvalue weighted by Crippen LogP contribution is 2.07. The number of hydrogen-bond donors (Lipinski definition) is 3. The van der Waals surface area contributed by atoms with E-state index in [0.717, 1.165) is 24.8 Å². The van der Waals surface area contributed by atoms with Crippen molar-refractivity contribution in [1.82, 2.24) is 10.6 Å². The fourth-order valence-corrected chi connectivity index (χ4v) is 2.64. The highest BCUT2D eigenvalue weighted by Gasteiger charge is 2.23. The van der Waals surface area contributed by atoms with Gasteiger partial charge in [-0.2, -0.15) is 0 Å². The van der Waals surface area contributed by atoms with Crippen LogP contribution in [0.4, 0.5) is 4.79 Å². The third-order valence-electron chi connectivity index (χ3n) is 4.08. The predicted molar refractivity (Wildman–Crippen MR) is 101 cm³/mol. The van der Waals surface area contributed by atoms with Gasteiger partial charge in [-0.25, -0.2) is 4.79 Å². The first kappa shape index (κ1) is 19.7. The number of benzene rings is 1.